The maximum Gasteiger partial charge on any atom is 0.415 e. The predicted octanol–water partition coefficient (Wildman–Crippen LogP) is 6.58. The van der Waals surface area contributed by atoms with Gasteiger partial charge in [-0.1, -0.05) is 54.1 Å². The lowest BCUT2D eigenvalue weighted by atomic mass is 10.1. The number of halogens is 1. The van der Waals surface area contributed by atoms with Gasteiger partial charge in [0.1, 0.15) is 18.1 Å². The molecule has 0 radical (unpaired) electrons. The lowest BCUT2D eigenvalue weighted by Gasteiger charge is -2.22. The third-order valence-corrected chi connectivity index (χ3v) is 7.09. The van der Waals surface area contributed by atoms with E-state index in [2.05, 4.69) is 12.1 Å². The van der Waals surface area contributed by atoms with Crippen molar-refractivity contribution in [3.8, 4) is 11.5 Å². The van der Waals surface area contributed by atoms with Crippen LogP contribution in [0.5, 0.6) is 11.5 Å². The Bertz CT molecular complexity index is 1140. The van der Waals surface area contributed by atoms with E-state index < -0.39 is 18.2 Å². The number of amides is 1. The standard InChI is InChI=1S/C30H34ClNO6S/c1-2-36-28(29(33)34)21-23-9-13-26(14-10-23)37-19-18-32(30(35)38-27-15-11-25(31)12-16-27)17-6-20-39-22-24-7-4-3-5-8-24/h3-5,7-16,28H,2,6,17-22H2,1H3,(H,33,34). The molecule has 3 aromatic carbocycles. The SMILES string of the molecule is CCOC(Cc1ccc(OCCN(CCCSCc2ccccc2)C(=O)Oc2ccc(Cl)cc2)cc1)C(=O)O. The van der Waals surface area contributed by atoms with Crippen LogP contribution in [-0.2, 0) is 21.7 Å². The van der Waals surface area contributed by atoms with Gasteiger partial charge in [0.25, 0.3) is 0 Å². The van der Waals surface area contributed by atoms with Crippen molar-refractivity contribution in [2.24, 2.45) is 0 Å². The molecule has 0 saturated heterocycles. The van der Waals surface area contributed by atoms with Crippen molar-refractivity contribution >= 4 is 35.4 Å². The van der Waals surface area contributed by atoms with Gasteiger partial charge in [-0.2, -0.15) is 11.8 Å². The Morgan fingerprint density at radius 1 is 0.923 bits per heavy atom. The lowest BCUT2D eigenvalue weighted by molar-refractivity contribution is -0.149. The molecule has 1 amide bonds. The monoisotopic (exact) mass is 571 g/mol. The van der Waals surface area contributed by atoms with Gasteiger partial charge < -0.3 is 24.2 Å². The Kier molecular flexibility index (Phi) is 13.0. The van der Waals surface area contributed by atoms with Crippen LogP contribution >= 0.6 is 23.4 Å². The molecule has 39 heavy (non-hydrogen) atoms. The van der Waals surface area contributed by atoms with Crippen LogP contribution in [0.25, 0.3) is 0 Å². The molecule has 0 saturated carbocycles. The zero-order valence-electron chi connectivity index (χ0n) is 22.0. The summed E-state index contributed by atoms with van der Waals surface area (Å²) in [6, 6.07) is 24.2. The molecule has 0 fully saturated rings. The highest BCUT2D eigenvalue weighted by Crippen LogP contribution is 2.18. The molecule has 9 heteroatoms. The zero-order valence-corrected chi connectivity index (χ0v) is 23.5. The smallest absolute Gasteiger partial charge is 0.415 e. The van der Waals surface area contributed by atoms with Crippen LogP contribution in [0.3, 0.4) is 0 Å². The highest BCUT2D eigenvalue weighted by Gasteiger charge is 2.18. The van der Waals surface area contributed by atoms with E-state index in [0.717, 1.165) is 23.5 Å². The van der Waals surface area contributed by atoms with E-state index >= 15 is 0 Å². The van der Waals surface area contributed by atoms with Gasteiger partial charge in [0.05, 0.1) is 6.54 Å². The van der Waals surface area contributed by atoms with Crippen molar-refractivity contribution in [1.82, 2.24) is 4.90 Å². The van der Waals surface area contributed by atoms with Crippen molar-refractivity contribution in [3.63, 3.8) is 0 Å². The first-order valence-electron chi connectivity index (χ1n) is 12.8. The van der Waals surface area contributed by atoms with Crippen LogP contribution in [0, 0.1) is 0 Å². The Labute approximate surface area is 239 Å². The second-order valence-electron chi connectivity index (χ2n) is 8.68. The number of hydrogen-bond donors (Lipinski definition) is 1. The van der Waals surface area contributed by atoms with Crippen LogP contribution in [0.15, 0.2) is 78.9 Å². The van der Waals surface area contributed by atoms with Gasteiger partial charge in [0, 0.05) is 30.3 Å². The summed E-state index contributed by atoms with van der Waals surface area (Å²) in [7, 11) is 0. The second kappa shape index (κ2) is 16.7. The minimum Gasteiger partial charge on any atom is -0.492 e. The van der Waals surface area contributed by atoms with Gasteiger partial charge in [0.2, 0.25) is 0 Å². The van der Waals surface area contributed by atoms with Gasteiger partial charge in [-0.25, -0.2) is 9.59 Å². The number of benzene rings is 3. The van der Waals surface area contributed by atoms with E-state index in [0.29, 0.717) is 36.2 Å². The summed E-state index contributed by atoms with van der Waals surface area (Å²) >= 11 is 7.77. The molecule has 3 aromatic rings. The summed E-state index contributed by atoms with van der Waals surface area (Å²) in [4.78, 5) is 25.9. The fraction of sp³-hybridized carbons (Fsp3) is 0.333. The van der Waals surface area contributed by atoms with Gasteiger partial charge in [-0.15, -0.1) is 0 Å². The number of rotatable bonds is 16. The lowest BCUT2D eigenvalue weighted by Crippen LogP contribution is -2.37. The number of carboxylic acids is 1. The Balaban J connectivity index is 1.50. The van der Waals surface area contributed by atoms with Crippen molar-refractivity contribution in [1.29, 1.82) is 0 Å². The molecule has 0 spiro atoms. The number of nitrogens with zero attached hydrogens (tertiary/aromatic N) is 1. The third kappa shape index (κ3) is 11.2. The molecule has 208 valence electrons. The van der Waals surface area contributed by atoms with E-state index in [1.807, 2.05) is 42.1 Å². The van der Waals surface area contributed by atoms with E-state index in [1.165, 1.54) is 5.56 Å². The maximum atomic E-state index is 12.9. The molecule has 1 atom stereocenters. The number of carbonyl (C=O) groups is 2. The normalized spacial score (nSPS) is 11.5. The molecule has 1 N–H and O–H groups in total. The van der Waals surface area contributed by atoms with Gasteiger partial charge >= 0.3 is 12.1 Å². The van der Waals surface area contributed by atoms with Crippen molar-refractivity contribution < 1.29 is 28.9 Å². The molecule has 1 unspecified atom stereocenters. The fourth-order valence-corrected chi connectivity index (χ4v) is 4.74. The minimum absolute atomic E-state index is 0.274. The first-order valence-corrected chi connectivity index (χ1v) is 14.4. The Morgan fingerprint density at radius 2 is 1.62 bits per heavy atom. The van der Waals surface area contributed by atoms with E-state index in [9.17, 15) is 14.7 Å². The first kappa shape index (κ1) is 30.3. The van der Waals surface area contributed by atoms with E-state index in [4.69, 9.17) is 25.8 Å². The third-order valence-electron chi connectivity index (χ3n) is 5.72. The number of carboxylic acid groups (broad SMARTS) is 1. The maximum absolute atomic E-state index is 12.9. The molecule has 0 aromatic heterocycles. The van der Waals surface area contributed by atoms with Crippen LogP contribution in [0.4, 0.5) is 4.79 Å². The molecular weight excluding hydrogens is 538 g/mol. The molecule has 3 rings (SSSR count). The van der Waals surface area contributed by atoms with E-state index in [-0.39, 0.29) is 13.0 Å². The summed E-state index contributed by atoms with van der Waals surface area (Å²) < 4.78 is 16.7. The highest BCUT2D eigenvalue weighted by atomic mass is 35.5. The van der Waals surface area contributed by atoms with Crippen LogP contribution in [-0.4, -0.2) is 60.2 Å². The summed E-state index contributed by atoms with van der Waals surface area (Å²) in [5, 5.41) is 9.85. The molecular formula is C30H34ClNO6S. The number of ether oxygens (including phenoxy) is 3. The number of aliphatic carboxylic acids is 1. The first-order chi connectivity index (χ1) is 18.9. The van der Waals surface area contributed by atoms with E-state index in [1.54, 1.807) is 48.2 Å². The van der Waals surface area contributed by atoms with Crippen molar-refractivity contribution in [2.75, 3.05) is 32.1 Å². The van der Waals surface area contributed by atoms with Crippen LogP contribution in [0.2, 0.25) is 5.02 Å². The number of thioether (sulfide) groups is 1. The second-order valence-corrected chi connectivity index (χ2v) is 10.2. The summed E-state index contributed by atoms with van der Waals surface area (Å²) in [5.74, 6) is 1.90. The largest absolute Gasteiger partial charge is 0.492 e. The molecule has 0 aliphatic heterocycles. The molecule has 0 bridgehead atoms. The van der Waals surface area contributed by atoms with Crippen molar-refractivity contribution in [3.05, 3.63) is 95.0 Å². The van der Waals surface area contributed by atoms with Gasteiger partial charge in [0.15, 0.2) is 6.10 Å². The molecule has 7 nitrogen and oxygen atoms in total. The predicted molar refractivity (Wildman–Crippen MR) is 155 cm³/mol. The van der Waals surface area contributed by atoms with Gasteiger partial charge in [-0.3, -0.25) is 0 Å². The molecule has 0 heterocycles. The van der Waals surface area contributed by atoms with Crippen LogP contribution < -0.4 is 9.47 Å². The zero-order chi connectivity index (χ0) is 27.9. The van der Waals surface area contributed by atoms with Crippen molar-refractivity contribution in [2.45, 2.75) is 31.6 Å². The highest BCUT2D eigenvalue weighted by molar-refractivity contribution is 7.98. The Morgan fingerprint density at radius 3 is 2.28 bits per heavy atom. The summed E-state index contributed by atoms with van der Waals surface area (Å²) in [6.07, 6.45) is -0.240. The fourth-order valence-electron chi connectivity index (χ4n) is 3.71. The quantitative estimate of drug-likeness (QED) is 0.194. The summed E-state index contributed by atoms with van der Waals surface area (Å²) in [5.41, 5.74) is 2.11. The van der Waals surface area contributed by atoms with Crippen LogP contribution in [0.1, 0.15) is 24.5 Å². The average molecular weight is 572 g/mol. The topological polar surface area (TPSA) is 85.3 Å². The number of hydrogen-bond acceptors (Lipinski definition) is 6. The Hall–Kier alpha value is -3.20. The number of carbonyl (C=O) groups excluding carboxylic acids is 1. The van der Waals surface area contributed by atoms with Gasteiger partial charge in [-0.05, 0) is 66.6 Å². The molecule has 0 aliphatic rings. The average Bonchev–Trinajstić information content (AvgIpc) is 2.94. The molecule has 0 aliphatic carbocycles. The minimum atomic E-state index is -0.985. The summed E-state index contributed by atoms with van der Waals surface area (Å²) in [6.45, 7) is 3.27.